The molecule has 2 N–H and O–H groups in total. The summed E-state index contributed by atoms with van der Waals surface area (Å²) in [6, 6.07) is 12.0. The first kappa shape index (κ1) is 59.8. The summed E-state index contributed by atoms with van der Waals surface area (Å²) in [5.74, 6) is 0.744. The number of aryl methyl sites for hydroxylation is 1. The summed E-state index contributed by atoms with van der Waals surface area (Å²) in [5, 5.41) is 23.8. The summed E-state index contributed by atoms with van der Waals surface area (Å²) in [5.41, 5.74) is 0.592. The topological polar surface area (TPSA) is 168 Å². The van der Waals surface area contributed by atoms with Crippen LogP contribution < -0.4 is 19.3 Å². The average Bonchev–Trinajstić information content (AvgIpc) is 1.38. The monoisotopic (exact) mass is 1230 g/mol. The predicted octanol–water partition coefficient (Wildman–Crippen LogP) is 12.0. The van der Waals surface area contributed by atoms with E-state index < -0.39 is 35.0 Å². The lowest BCUT2D eigenvalue weighted by Crippen LogP contribution is -2.50. The van der Waals surface area contributed by atoms with Crippen LogP contribution in [0.15, 0.2) is 60.9 Å². The van der Waals surface area contributed by atoms with Gasteiger partial charge >= 0.3 is 12.0 Å². The number of rotatable bonds is 11. The second kappa shape index (κ2) is 23.8. The van der Waals surface area contributed by atoms with Crippen molar-refractivity contribution >= 4 is 55.0 Å². The van der Waals surface area contributed by atoms with E-state index in [-0.39, 0.29) is 91.6 Å². The molecule has 470 valence electrons. The number of halogens is 5. The lowest BCUT2D eigenvalue weighted by molar-refractivity contribution is 0.0133. The van der Waals surface area contributed by atoms with Crippen LogP contribution in [0, 0.1) is 46.4 Å². The van der Waals surface area contributed by atoms with E-state index in [2.05, 4.69) is 47.6 Å². The third kappa shape index (κ3) is 10.9. The Morgan fingerprint density at radius 1 is 0.711 bits per heavy atom. The van der Waals surface area contributed by atoms with Gasteiger partial charge in [0.25, 0.3) is 0 Å². The van der Waals surface area contributed by atoms with Gasteiger partial charge < -0.3 is 43.9 Å². The Labute approximate surface area is 518 Å². The van der Waals surface area contributed by atoms with E-state index in [9.17, 15) is 23.4 Å². The van der Waals surface area contributed by atoms with Gasteiger partial charge in [-0.15, -0.1) is 6.42 Å². The number of benzene rings is 4. The zero-order chi connectivity index (χ0) is 62.2. The Kier molecular flexibility index (Phi) is 15.8. The molecule has 90 heavy (non-hydrogen) atoms. The van der Waals surface area contributed by atoms with Gasteiger partial charge in [0, 0.05) is 99.3 Å². The van der Waals surface area contributed by atoms with Gasteiger partial charge in [-0.1, -0.05) is 31.4 Å². The summed E-state index contributed by atoms with van der Waals surface area (Å²) in [6.45, 7) is 11.0. The number of aromatic nitrogens is 6. The summed E-state index contributed by atoms with van der Waals surface area (Å²) in [6.07, 6.45) is 18.9. The van der Waals surface area contributed by atoms with Crippen LogP contribution in [0.25, 0.3) is 65.9 Å². The van der Waals surface area contributed by atoms with Gasteiger partial charge in [-0.2, -0.15) is 19.9 Å². The first-order valence-electron chi connectivity index (χ1n) is 31.7. The predicted molar refractivity (Wildman–Crippen MR) is 334 cm³/mol. The molecule has 9 heterocycles. The normalized spacial score (nSPS) is 24.2. The van der Waals surface area contributed by atoms with Crippen LogP contribution >= 0.6 is 0 Å². The number of pyridine rings is 2. The van der Waals surface area contributed by atoms with Gasteiger partial charge in [0.15, 0.2) is 11.6 Å². The Morgan fingerprint density at radius 3 is 2.03 bits per heavy atom. The molecule has 2 saturated carbocycles. The Balaban J connectivity index is 0.000000157. The summed E-state index contributed by atoms with van der Waals surface area (Å²) in [4.78, 5) is 36.7. The number of hydrogen-bond acceptors (Lipinski definition) is 16. The third-order valence-electron chi connectivity index (χ3n) is 20.2. The number of piperidine rings is 1. The molecule has 16 nitrogen and oxygen atoms in total. The fourth-order valence-electron chi connectivity index (χ4n) is 15.9. The molecule has 5 unspecified atom stereocenters. The van der Waals surface area contributed by atoms with Crippen molar-refractivity contribution in [2.45, 2.75) is 115 Å². The molecule has 5 aliphatic heterocycles. The smallest absolute Gasteiger partial charge is 0.319 e. The minimum absolute atomic E-state index is 0.00850. The summed E-state index contributed by atoms with van der Waals surface area (Å²) in [7, 11) is 2.18. The van der Waals surface area contributed by atoms with E-state index in [0.717, 1.165) is 77.3 Å². The van der Waals surface area contributed by atoms with Crippen LogP contribution in [0.4, 0.5) is 33.6 Å². The molecule has 15 rings (SSSR count). The molecule has 4 aromatic heterocycles. The van der Waals surface area contributed by atoms with Crippen molar-refractivity contribution in [2.75, 3.05) is 95.7 Å². The molecule has 5 atom stereocenters. The zero-order valence-corrected chi connectivity index (χ0v) is 50.9. The van der Waals surface area contributed by atoms with Gasteiger partial charge in [0.1, 0.15) is 70.0 Å². The molecule has 0 bridgehead atoms. The van der Waals surface area contributed by atoms with Crippen molar-refractivity contribution in [1.82, 2.24) is 39.7 Å². The molecule has 7 fully saturated rings. The number of alkyl halides is 1. The standard InChI is InChI=1S/C35H37F2N5O3.C34H36F3N5O3/c1-4-24-27(36)10-9-22-16-23(43)17-25(29(22)24)31-30(37)32-26(18-38-31)33(42-14-7-15-44-21(2)19-42)40-34(39-32)45-20-35-11-5-8-28(35)41(3)13-6-12-35;1-2-23-26(36)5-4-20-12-22(43)13-24(27(20)23)29-28(37)30-25(15-38-29)31(41-8-3-10-44-11-9-41)40-32(39-30)45-19-34-14-21(35)16-42(34)18-33(17-34)6-7-33/h1,9-10,16-18,21,28,43H,5-8,11-15,19-20H2,2-3H3;4-5,12-13,15,21,43H,2-3,6-11,14,16-19H2,1H3. The molecule has 4 aromatic carbocycles. The SMILES string of the molecule is C#Cc1c(F)ccc2cc(O)cc(-c3ncc4c(N5CCCOC(C)C5)nc(OCC56CCCC5N(C)CCC6)nc4c3F)c12.CCc1c(F)ccc2cc(O)cc(-c3ncc4c(N5CCCOCC5)nc(OCC56CC(F)CN5CC5(CC5)C6)nc4c3F)c12. The van der Waals surface area contributed by atoms with Gasteiger partial charge in [-0.3, -0.25) is 14.9 Å². The van der Waals surface area contributed by atoms with Gasteiger partial charge in [-0.25, -0.2) is 22.0 Å². The van der Waals surface area contributed by atoms with Crippen molar-refractivity contribution in [3.63, 3.8) is 0 Å². The highest BCUT2D eigenvalue weighted by atomic mass is 19.1. The van der Waals surface area contributed by atoms with Crippen molar-refractivity contribution in [2.24, 2.45) is 10.8 Å². The maximum Gasteiger partial charge on any atom is 0.319 e. The molecule has 5 saturated heterocycles. The molecule has 7 aliphatic rings. The number of ether oxygens (including phenoxy) is 4. The molecule has 1 spiro atoms. The van der Waals surface area contributed by atoms with E-state index in [1.54, 1.807) is 6.07 Å². The van der Waals surface area contributed by atoms with Gasteiger partial charge in [0.05, 0.1) is 41.2 Å². The first-order chi connectivity index (χ1) is 43.6. The number of phenolic OH excluding ortho intramolecular Hbond substituents is 2. The van der Waals surface area contributed by atoms with Crippen molar-refractivity contribution in [3.05, 3.63) is 95.3 Å². The number of terminal acetylenes is 1. The Hall–Kier alpha value is -7.77. The molecule has 2 aliphatic carbocycles. The van der Waals surface area contributed by atoms with Crippen molar-refractivity contribution < 1.29 is 51.1 Å². The highest BCUT2D eigenvalue weighted by molar-refractivity contribution is 6.04. The largest absolute Gasteiger partial charge is 0.508 e. The number of likely N-dealkylation sites (tertiary alicyclic amines) is 1. The van der Waals surface area contributed by atoms with E-state index in [0.29, 0.717) is 122 Å². The Bertz CT molecular complexity index is 4160. The minimum Gasteiger partial charge on any atom is -0.508 e. The second-order valence-electron chi connectivity index (χ2n) is 26.1. The van der Waals surface area contributed by atoms with E-state index in [4.69, 9.17) is 35.3 Å². The maximum atomic E-state index is 16.8. The highest BCUT2D eigenvalue weighted by Gasteiger charge is 2.62. The molecule has 21 heteroatoms. The minimum atomic E-state index is -0.907. The van der Waals surface area contributed by atoms with E-state index in [1.165, 1.54) is 54.9 Å². The van der Waals surface area contributed by atoms with Crippen LogP contribution in [0.2, 0.25) is 0 Å². The van der Waals surface area contributed by atoms with Crippen molar-refractivity contribution in [1.29, 1.82) is 0 Å². The number of aromatic hydroxyl groups is 2. The molecule has 0 amide bonds. The quantitative estimate of drug-likeness (QED) is 0.0926. The molecular formula is C69H73F5N10O6. The average molecular weight is 1230 g/mol. The number of anilines is 2. The van der Waals surface area contributed by atoms with Crippen molar-refractivity contribution in [3.8, 4) is 58.4 Å². The summed E-state index contributed by atoms with van der Waals surface area (Å²) < 4.78 is 102. The van der Waals surface area contributed by atoms with Gasteiger partial charge in [-0.05, 0) is 148 Å². The summed E-state index contributed by atoms with van der Waals surface area (Å²) >= 11 is 0. The van der Waals surface area contributed by atoms with Crippen LogP contribution in [0.1, 0.15) is 95.6 Å². The fourth-order valence-corrected chi connectivity index (χ4v) is 15.9. The van der Waals surface area contributed by atoms with Crippen LogP contribution in [-0.2, 0) is 15.9 Å². The lowest BCUT2D eigenvalue weighted by atomic mass is 9.76. The Morgan fingerprint density at radius 2 is 1.34 bits per heavy atom. The molecular weight excluding hydrogens is 1160 g/mol. The number of hydrogen-bond donors (Lipinski definition) is 2. The number of nitrogens with zero attached hydrogens (tertiary/aromatic N) is 10. The first-order valence-corrected chi connectivity index (χ1v) is 31.7. The van der Waals surface area contributed by atoms with Crippen LogP contribution in [-0.4, -0.2) is 160 Å². The van der Waals surface area contributed by atoms with Crippen LogP contribution in [0.3, 0.4) is 0 Å². The van der Waals surface area contributed by atoms with Gasteiger partial charge in [0.2, 0.25) is 0 Å². The number of phenols is 2. The van der Waals surface area contributed by atoms with Crippen LogP contribution in [0.5, 0.6) is 23.5 Å². The zero-order valence-electron chi connectivity index (χ0n) is 50.9. The highest BCUT2D eigenvalue weighted by Crippen LogP contribution is 2.61. The maximum absolute atomic E-state index is 16.8. The molecule has 0 radical (unpaired) electrons. The lowest BCUT2D eigenvalue weighted by Gasteiger charge is -2.44. The third-order valence-corrected chi connectivity index (χ3v) is 20.2. The fraction of sp³-hybridized carbons (Fsp3) is 0.478. The van der Waals surface area contributed by atoms with E-state index >= 15 is 8.78 Å². The van der Waals surface area contributed by atoms with E-state index in [1.807, 2.05) is 18.7 Å². The number of fused-ring (bicyclic) bond motifs is 6. The second-order valence-corrected chi connectivity index (χ2v) is 26.1. The molecule has 8 aromatic rings.